The van der Waals surface area contributed by atoms with Crippen LogP contribution in [0.25, 0.3) is 23.3 Å². The van der Waals surface area contributed by atoms with Gasteiger partial charge in [0, 0.05) is 23.1 Å². The monoisotopic (exact) mass is 786 g/mol. The Hall–Kier alpha value is -6.55. The Morgan fingerprint density at radius 2 is 1.05 bits per heavy atom. The second kappa shape index (κ2) is 21.7. The van der Waals surface area contributed by atoms with Gasteiger partial charge in [-0.2, -0.15) is 0 Å². The number of hydrogen-bond acceptors (Lipinski definition) is 10. The van der Waals surface area contributed by atoms with Gasteiger partial charge in [-0.05, 0) is 134 Å². The van der Waals surface area contributed by atoms with Crippen molar-refractivity contribution in [3.63, 3.8) is 0 Å². The molecule has 0 heterocycles. The summed E-state index contributed by atoms with van der Waals surface area (Å²) in [6, 6.07) is 26.8. The SMILES string of the molecule is C=C(C)C(=O)OCCCCOc1ccc(C=COCOc2ccc3c(c2)C(C)c2cc(OC(=O)C=Cc4ccc(OCCCCOC(=O)C(=C)C)cc4)ccc2-3)cc1. The Balaban J connectivity index is 1.01. The van der Waals surface area contributed by atoms with Crippen LogP contribution < -0.4 is 18.9 Å². The predicted octanol–water partition coefficient (Wildman–Crippen LogP) is 10.0. The zero-order valence-corrected chi connectivity index (χ0v) is 33.3. The summed E-state index contributed by atoms with van der Waals surface area (Å²) in [6.07, 6.45) is 9.47. The lowest BCUT2D eigenvalue weighted by molar-refractivity contribution is -0.139. The van der Waals surface area contributed by atoms with E-state index in [0.29, 0.717) is 61.2 Å². The summed E-state index contributed by atoms with van der Waals surface area (Å²) in [4.78, 5) is 35.5. The first-order chi connectivity index (χ1) is 28.1. The van der Waals surface area contributed by atoms with Gasteiger partial charge >= 0.3 is 17.9 Å². The molecular weight excluding hydrogens is 737 g/mol. The van der Waals surface area contributed by atoms with E-state index in [-0.39, 0.29) is 24.6 Å². The van der Waals surface area contributed by atoms with Gasteiger partial charge in [0.2, 0.25) is 6.79 Å². The van der Waals surface area contributed by atoms with Gasteiger partial charge in [0.25, 0.3) is 0 Å². The minimum Gasteiger partial charge on any atom is -0.494 e. The molecule has 0 amide bonds. The average Bonchev–Trinajstić information content (AvgIpc) is 3.49. The van der Waals surface area contributed by atoms with E-state index >= 15 is 0 Å². The second-order valence-electron chi connectivity index (χ2n) is 13.8. The van der Waals surface area contributed by atoms with Crippen LogP contribution in [0.1, 0.15) is 74.6 Å². The standard InChI is InChI=1S/C48H50O10/c1-33(2)47(50)55-27-8-6-25-53-38-15-10-36(11-16-38)14-23-46(49)58-41-20-22-43-42-21-19-40(30-44(42)35(5)45(43)31-41)57-32-52-29-24-37-12-17-39(18-13-37)54-26-7-9-28-56-48(51)34(3)4/h10-24,29-31,35H,1,3,6-9,25-28,32H2,2,4-5H3. The molecule has 0 fully saturated rings. The molecule has 5 rings (SSSR count). The zero-order valence-electron chi connectivity index (χ0n) is 33.3. The summed E-state index contributed by atoms with van der Waals surface area (Å²) in [6.45, 7) is 14.2. The fraction of sp³-hybridized carbons (Fsp3) is 0.271. The lowest BCUT2D eigenvalue weighted by Crippen LogP contribution is -2.07. The maximum absolute atomic E-state index is 12.7. The maximum atomic E-state index is 12.7. The van der Waals surface area contributed by atoms with Crippen LogP contribution in [0.2, 0.25) is 0 Å². The minimum absolute atomic E-state index is 0.0444. The Morgan fingerprint density at radius 1 is 0.586 bits per heavy atom. The number of ether oxygens (including phenoxy) is 7. The van der Waals surface area contributed by atoms with Gasteiger partial charge in [0.1, 0.15) is 23.0 Å². The average molecular weight is 787 g/mol. The summed E-state index contributed by atoms with van der Waals surface area (Å²) >= 11 is 0. The van der Waals surface area contributed by atoms with Crippen molar-refractivity contribution in [1.82, 2.24) is 0 Å². The summed E-state index contributed by atoms with van der Waals surface area (Å²) in [5, 5.41) is 0. The van der Waals surface area contributed by atoms with E-state index < -0.39 is 5.97 Å². The summed E-state index contributed by atoms with van der Waals surface area (Å²) in [5.74, 6) is 1.48. The number of benzene rings is 4. The van der Waals surface area contributed by atoms with Crippen molar-refractivity contribution in [3.8, 4) is 34.1 Å². The molecule has 1 atom stereocenters. The molecule has 0 spiro atoms. The first-order valence-electron chi connectivity index (χ1n) is 19.3. The van der Waals surface area contributed by atoms with Gasteiger partial charge in [-0.15, -0.1) is 0 Å². The molecule has 0 saturated carbocycles. The van der Waals surface area contributed by atoms with Crippen molar-refractivity contribution < 1.29 is 47.5 Å². The Labute approximate surface area is 340 Å². The molecule has 0 radical (unpaired) electrons. The number of hydrogen-bond donors (Lipinski definition) is 0. The maximum Gasteiger partial charge on any atom is 0.336 e. The van der Waals surface area contributed by atoms with Crippen molar-refractivity contribution in [3.05, 3.63) is 144 Å². The molecule has 0 aromatic heterocycles. The molecule has 302 valence electrons. The van der Waals surface area contributed by atoms with Crippen LogP contribution in [-0.2, 0) is 28.6 Å². The van der Waals surface area contributed by atoms with Gasteiger partial charge in [0.15, 0.2) is 0 Å². The van der Waals surface area contributed by atoms with Gasteiger partial charge in [-0.1, -0.05) is 56.5 Å². The van der Waals surface area contributed by atoms with Crippen molar-refractivity contribution >= 4 is 30.1 Å². The van der Waals surface area contributed by atoms with Crippen molar-refractivity contribution in [1.29, 1.82) is 0 Å². The highest BCUT2D eigenvalue weighted by Crippen LogP contribution is 2.47. The van der Waals surface area contributed by atoms with Crippen LogP contribution in [0, 0.1) is 0 Å². The molecule has 0 aliphatic heterocycles. The molecule has 1 aliphatic carbocycles. The van der Waals surface area contributed by atoms with Crippen LogP contribution in [-0.4, -0.2) is 51.1 Å². The molecule has 10 heteroatoms. The number of carbonyl (C=O) groups excluding carboxylic acids is 3. The highest BCUT2D eigenvalue weighted by molar-refractivity contribution is 5.89. The molecule has 10 nitrogen and oxygen atoms in total. The van der Waals surface area contributed by atoms with Gasteiger partial charge in [-0.25, -0.2) is 14.4 Å². The van der Waals surface area contributed by atoms with Gasteiger partial charge < -0.3 is 33.2 Å². The highest BCUT2D eigenvalue weighted by Gasteiger charge is 2.26. The smallest absolute Gasteiger partial charge is 0.336 e. The van der Waals surface area contributed by atoms with E-state index in [4.69, 9.17) is 33.2 Å². The van der Waals surface area contributed by atoms with E-state index in [0.717, 1.165) is 58.4 Å². The van der Waals surface area contributed by atoms with Crippen LogP contribution in [0.5, 0.6) is 23.0 Å². The minimum atomic E-state index is -0.476. The van der Waals surface area contributed by atoms with Crippen LogP contribution in [0.15, 0.2) is 122 Å². The molecule has 0 N–H and O–H groups in total. The van der Waals surface area contributed by atoms with E-state index in [9.17, 15) is 14.4 Å². The van der Waals surface area contributed by atoms with Crippen molar-refractivity contribution in [2.24, 2.45) is 0 Å². The second-order valence-corrected chi connectivity index (χ2v) is 13.8. The van der Waals surface area contributed by atoms with Crippen LogP contribution in [0.3, 0.4) is 0 Å². The zero-order chi connectivity index (χ0) is 41.3. The number of unbranched alkanes of at least 4 members (excludes halogenated alkanes) is 2. The quantitative estimate of drug-likeness (QED) is 0.0190. The molecule has 1 unspecified atom stereocenters. The third kappa shape index (κ3) is 13.0. The molecule has 58 heavy (non-hydrogen) atoms. The predicted molar refractivity (Wildman–Crippen MR) is 224 cm³/mol. The summed E-state index contributed by atoms with van der Waals surface area (Å²) in [7, 11) is 0. The number of fused-ring (bicyclic) bond motifs is 3. The molecule has 4 aromatic carbocycles. The van der Waals surface area contributed by atoms with E-state index in [1.54, 1.807) is 26.2 Å². The summed E-state index contributed by atoms with van der Waals surface area (Å²) in [5.41, 5.74) is 6.96. The fourth-order valence-corrected chi connectivity index (χ4v) is 5.91. The van der Waals surface area contributed by atoms with Crippen molar-refractivity contribution in [2.45, 2.75) is 52.4 Å². The molecule has 0 bridgehead atoms. The largest absolute Gasteiger partial charge is 0.494 e. The van der Waals surface area contributed by atoms with E-state index in [1.165, 1.54) is 6.08 Å². The molecular formula is C48H50O10. The lowest BCUT2D eigenvalue weighted by atomic mass is 9.99. The first kappa shape index (κ1) is 42.6. The topological polar surface area (TPSA) is 116 Å². The number of esters is 3. The molecule has 0 saturated heterocycles. The number of carbonyl (C=O) groups is 3. The van der Waals surface area contributed by atoms with Gasteiger partial charge in [0.05, 0.1) is 32.7 Å². The molecule has 4 aromatic rings. The highest BCUT2D eigenvalue weighted by atomic mass is 16.7. The fourth-order valence-electron chi connectivity index (χ4n) is 5.91. The van der Waals surface area contributed by atoms with E-state index in [2.05, 4.69) is 20.1 Å². The Kier molecular flexibility index (Phi) is 15.9. The van der Waals surface area contributed by atoms with Gasteiger partial charge in [-0.3, -0.25) is 0 Å². The third-order valence-electron chi connectivity index (χ3n) is 9.09. The lowest BCUT2D eigenvalue weighted by Gasteiger charge is -2.10. The van der Waals surface area contributed by atoms with Crippen LogP contribution >= 0.6 is 0 Å². The molecule has 1 aliphatic rings. The van der Waals surface area contributed by atoms with Crippen LogP contribution in [0.4, 0.5) is 0 Å². The normalized spacial score (nSPS) is 12.7. The Morgan fingerprint density at radius 3 is 1.59 bits per heavy atom. The van der Waals surface area contributed by atoms with Crippen molar-refractivity contribution in [2.75, 3.05) is 33.2 Å². The number of rotatable bonds is 22. The Bertz CT molecular complexity index is 2110. The summed E-state index contributed by atoms with van der Waals surface area (Å²) < 4.78 is 38.9. The first-order valence-corrected chi connectivity index (χ1v) is 19.3. The van der Waals surface area contributed by atoms with E-state index in [1.807, 2.05) is 91.0 Å². The third-order valence-corrected chi connectivity index (χ3v) is 9.09.